The van der Waals surface area contributed by atoms with Crippen molar-refractivity contribution >= 4 is 39.1 Å². The molecule has 2 rings (SSSR count). The van der Waals surface area contributed by atoms with Gasteiger partial charge >= 0.3 is 0 Å². The molecule has 0 aromatic heterocycles. The fourth-order valence-corrected chi connectivity index (χ4v) is 4.86. The second kappa shape index (κ2) is 12.9. The molecule has 9 heteroatoms. The van der Waals surface area contributed by atoms with Crippen LogP contribution in [0.5, 0.6) is 0 Å². The molecule has 0 bridgehead atoms. The highest BCUT2D eigenvalue weighted by molar-refractivity contribution is 7.92. The van der Waals surface area contributed by atoms with Crippen LogP contribution in [0.4, 0.5) is 5.69 Å². The van der Waals surface area contributed by atoms with Crippen molar-refractivity contribution in [3.63, 3.8) is 0 Å². The maximum absolute atomic E-state index is 13.7. The quantitative estimate of drug-likeness (QED) is 0.443. The molecule has 1 atom stereocenters. The van der Waals surface area contributed by atoms with Gasteiger partial charge in [-0.05, 0) is 48.1 Å². The Bertz CT molecular complexity index is 1100. The van der Waals surface area contributed by atoms with Crippen LogP contribution in [-0.2, 0) is 26.2 Å². The van der Waals surface area contributed by atoms with Crippen molar-refractivity contribution in [1.82, 2.24) is 10.2 Å². The maximum atomic E-state index is 13.7. The number of nitrogens with zero attached hydrogens (tertiary/aromatic N) is 2. The van der Waals surface area contributed by atoms with Crippen LogP contribution in [0.25, 0.3) is 0 Å². The Hall–Kier alpha value is -2.58. The van der Waals surface area contributed by atoms with E-state index in [2.05, 4.69) is 5.32 Å². The zero-order valence-corrected chi connectivity index (χ0v) is 22.7. The van der Waals surface area contributed by atoms with Crippen molar-refractivity contribution in [2.75, 3.05) is 23.7 Å². The molecule has 0 saturated heterocycles. The lowest BCUT2D eigenvalue weighted by molar-refractivity contribution is -0.140. The van der Waals surface area contributed by atoms with Crippen LogP contribution in [0.2, 0.25) is 5.02 Å². The summed E-state index contributed by atoms with van der Waals surface area (Å²) < 4.78 is 26.8. The zero-order chi connectivity index (χ0) is 26.2. The molecule has 0 fully saturated rings. The third-order valence-corrected chi connectivity index (χ3v) is 7.09. The van der Waals surface area contributed by atoms with E-state index >= 15 is 0 Å². The van der Waals surface area contributed by atoms with Crippen LogP contribution in [0, 0.1) is 0 Å². The lowest BCUT2D eigenvalue weighted by Gasteiger charge is -2.33. The summed E-state index contributed by atoms with van der Waals surface area (Å²) in [6.07, 6.45) is 2.24. The van der Waals surface area contributed by atoms with E-state index in [1.807, 2.05) is 39.8 Å². The lowest BCUT2D eigenvalue weighted by atomic mass is 10.0. The van der Waals surface area contributed by atoms with Crippen molar-refractivity contribution in [2.45, 2.75) is 59.0 Å². The van der Waals surface area contributed by atoms with Gasteiger partial charge in [-0.15, -0.1) is 0 Å². The molecule has 35 heavy (non-hydrogen) atoms. The molecule has 0 aliphatic carbocycles. The van der Waals surface area contributed by atoms with Crippen LogP contribution >= 0.6 is 11.6 Å². The molecule has 0 aliphatic heterocycles. The highest BCUT2D eigenvalue weighted by atomic mass is 35.5. The summed E-state index contributed by atoms with van der Waals surface area (Å²) in [6.45, 7) is 7.97. The Morgan fingerprint density at radius 1 is 1.03 bits per heavy atom. The number of hydrogen-bond acceptors (Lipinski definition) is 4. The molecule has 2 amide bonds. The Kier molecular flexibility index (Phi) is 10.6. The molecular formula is C26H36ClN3O4S. The standard InChI is InChI=1S/C26H36ClN3O4S/c1-6-16-28-26(32)23(7-2)29(17-20-12-14-21(27)15-13-20)25(31)18-30(35(5,33)34)24-11-9-8-10-22(24)19(3)4/h8-15,19,23H,6-7,16-18H2,1-5H3,(H,28,32)/t23-/m0/s1. The Balaban J connectivity index is 2.48. The molecule has 7 nitrogen and oxygen atoms in total. The number of nitrogens with one attached hydrogen (secondary N) is 1. The number of rotatable bonds is 12. The van der Waals surface area contributed by atoms with Gasteiger partial charge in [0.25, 0.3) is 0 Å². The number of benzene rings is 2. The topological polar surface area (TPSA) is 86.8 Å². The summed E-state index contributed by atoms with van der Waals surface area (Å²) in [5.74, 6) is -0.661. The summed E-state index contributed by atoms with van der Waals surface area (Å²) >= 11 is 6.02. The predicted molar refractivity (Wildman–Crippen MR) is 142 cm³/mol. The summed E-state index contributed by atoms with van der Waals surface area (Å²) in [5.41, 5.74) is 2.08. The van der Waals surface area contributed by atoms with Crippen LogP contribution in [0.3, 0.4) is 0 Å². The van der Waals surface area contributed by atoms with Gasteiger partial charge in [-0.3, -0.25) is 13.9 Å². The van der Waals surface area contributed by atoms with Crippen molar-refractivity contribution in [2.24, 2.45) is 0 Å². The van der Waals surface area contributed by atoms with Gasteiger partial charge < -0.3 is 10.2 Å². The Morgan fingerprint density at radius 2 is 1.66 bits per heavy atom. The first-order valence-electron chi connectivity index (χ1n) is 11.9. The average molecular weight is 522 g/mol. The van der Waals surface area contributed by atoms with Gasteiger partial charge in [-0.2, -0.15) is 0 Å². The van der Waals surface area contributed by atoms with Gasteiger partial charge in [-0.1, -0.05) is 69.6 Å². The van der Waals surface area contributed by atoms with Crippen molar-refractivity contribution < 1.29 is 18.0 Å². The monoisotopic (exact) mass is 521 g/mol. The van der Waals surface area contributed by atoms with E-state index in [9.17, 15) is 18.0 Å². The largest absolute Gasteiger partial charge is 0.354 e. The van der Waals surface area contributed by atoms with E-state index in [0.29, 0.717) is 23.7 Å². The third kappa shape index (κ3) is 7.97. The second-order valence-corrected chi connectivity index (χ2v) is 11.2. The van der Waals surface area contributed by atoms with Crippen molar-refractivity contribution in [3.8, 4) is 0 Å². The SMILES string of the molecule is CCCNC(=O)[C@H](CC)N(Cc1ccc(Cl)cc1)C(=O)CN(c1ccccc1C(C)C)S(C)(=O)=O. The lowest BCUT2D eigenvalue weighted by Crippen LogP contribution is -2.52. The number of halogens is 1. The molecule has 2 aromatic carbocycles. The van der Waals surface area contributed by atoms with Crippen molar-refractivity contribution in [3.05, 3.63) is 64.7 Å². The average Bonchev–Trinajstić information content (AvgIpc) is 2.81. The minimum Gasteiger partial charge on any atom is -0.354 e. The number of amides is 2. The van der Waals surface area contributed by atoms with E-state index in [1.54, 1.807) is 36.4 Å². The highest BCUT2D eigenvalue weighted by Gasteiger charge is 2.32. The van der Waals surface area contributed by atoms with Gasteiger partial charge in [0, 0.05) is 18.1 Å². The fourth-order valence-electron chi connectivity index (χ4n) is 3.87. The molecular weight excluding hydrogens is 486 g/mol. The molecule has 0 spiro atoms. The zero-order valence-electron chi connectivity index (χ0n) is 21.1. The second-order valence-electron chi connectivity index (χ2n) is 8.85. The number of sulfonamides is 1. The van der Waals surface area contributed by atoms with Crippen LogP contribution in [0.15, 0.2) is 48.5 Å². The van der Waals surface area contributed by atoms with Crippen LogP contribution < -0.4 is 9.62 Å². The van der Waals surface area contributed by atoms with E-state index in [4.69, 9.17) is 11.6 Å². The van der Waals surface area contributed by atoms with Gasteiger partial charge in [0.05, 0.1) is 11.9 Å². The maximum Gasteiger partial charge on any atom is 0.244 e. The van der Waals surface area contributed by atoms with Gasteiger partial charge in [0.2, 0.25) is 21.8 Å². The van der Waals surface area contributed by atoms with E-state index < -0.39 is 28.5 Å². The normalized spacial score (nSPS) is 12.3. The number of carbonyl (C=O) groups is 2. The Labute approximate surface area is 214 Å². The number of hydrogen-bond donors (Lipinski definition) is 1. The minimum absolute atomic E-state index is 0.0546. The first-order valence-corrected chi connectivity index (χ1v) is 14.1. The molecule has 0 unspecified atom stereocenters. The highest BCUT2D eigenvalue weighted by Crippen LogP contribution is 2.29. The minimum atomic E-state index is -3.78. The molecule has 1 N–H and O–H groups in total. The summed E-state index contributed by atoms with van der Waals surface area (Å²) in [6, 6.07) is 13.5. The van der Waals surface area contributed by atoms with Crippen LogP contribution in [0.1, 0.15) is 57.6 Å². The Morgan fingerprint density at radius 3 is 2.20 bits per heavy atom. The number of carbonyl (C=O) groups excluding carboxylic acids is 2. The van der Waals surface area contributed by atoms with E-state index in [0.717, 1.165) is 28.1 Å². The van der Waals surface area contributed by atoms with E-state index in [1.165, 1.54) is 4.90 Å². The van der Waals surface area contributed by atoms with Gasteiger partial charge in [0.1, 0.15) is 12.6 Å². The molecule has 0 saturated carbocycles. The first-order chi connectivity index (χ1) is 16.5. The number of para-hydroxylation sites is 1. The summed E-state index contributed by atoms with van der Waals surface area (Å²) in [5, 5.41) is 3.43. The molecule has 0 radical (unpaired) electrons. The molecule has 2 aromatic rings. The number of anilines is 1. The fraction of sp³-hybridized carbons (Fsp3) is 0.462. The molecule has 192 valence electrons. The summed E-state index contributed by atoms with van der Waals surface area (Å²) in [4.78, 5) is 28.1. The van der Waals surface area contributed by atoms with E-state index in [-0.39, 0.29) is 18.4 Å². The molecule has 0 aliphatic rings. The van der Waals surface area contributed by atoms with Crippen LogP contribution in [-0.4, -0.2) is 50.5 Å². The van der Waals surface area contributed by atoms with Gasteiger partial charge in [0.15, 0.2) is 0 Å². The third-order valence-electron chi connectivity index (χ3n) is 5.71. The van der Waals surface area contributed by atoms with Crippen molar-refractivity contribution in [1.29, 1.82) is 0 Å². The predicted octanol–water partition coefficient (Wildman–Crippen LogP) is 4.56. The molecule has 0 heterocycles. The van der Waals surface area contributed by atoms with Gasteiger partial charge in [-0.25, -0.2) is 8.42 Å². The summed E-state index contributed by atoms with van der Waals surface area (Å²) in [7, 11) is -3.78. The smallest absolute Gasteiger partial charge is 0.244 e. The first kappa shape index (κ1) is 28.7.